The van der Waals surface area contributed by atoms with Crippen LogP contribution in [0.5, 0.6) is 5.75 Å². The van der Waals surface area contributed by atoms with Gasteiger partial charge in [-0.1, -0.05) is 30.0 Å². The third-order valence-electron chi connectivity index (χ3n) is 2.91. The van der Waals surface area contributed by atoms with Gasteiger partial charge in [0.05, 0.1) is 12.1 Å². The van der Waals surface area contributed by atoms with E-state index in [2.05, 4.69) is 29.2 Å². The maximum absolute atomic E-state index is 5.51. The molecule has 0 unspecified atom stereocenters. The van der Waals surface area contributed by atoms with Crippen molar-refractivity contribution in [3.05, 3.63) is 60.7 Å². The van der Waals surface area contributed by atoms with Gasteiger partial charge in [-0.25, -0.2) is 4.98 Å². The lowest BCUT2D eigenvalue weighted by Crippen LogP contribution is -1.91. The van der Waals surface area contributed by atoms with Crippen molar-refractivity contribution in [2.75, 3.05) is 6.61 Å². The van der Waals surface area contributed by atoms with Crippen molar-refractivity contribution >= 4 is 22.7 Å². The number of benzene rings is 2. The van der Waals surface area contributed by atoms with Gasteiger partial charge in [-0.15, -0.1) is 0 Å². The summed E-state index contributed by atoms with van der Waals surface area (Å²) < 4.78 is 5.51. The minimum atomic E-state index is 0.681. The van der Waals surface area contributed by atoms with Crippen molar-refractivity contribution in [2.24, 2.45) is 0 Å². The molecular formula is C17H15NOS. The van der Waals surface area contributed by atoms with Crippen LogP contribution in [0.15, 0.2) is 70.6 Å². The van der Waals surface area contributed by atoms with Crippen LogP contribution in [0.4, 0.5) is 0 Å². The number of hydrogen-bond acceptors (Lipinski definition) is 3. The van der Waals surface area contributed by atoms with Crippen LogP contribution in [0.3, 0.4) is 0 Å². The zero-order valence-electron chi connectivity index (χ0n) is 11.2. The highest BCUT2D eigenvalue weighted by Crippen LogP contribution is 2.28. The molecule has 0 N–H and O–H groups in total. The Kier molecular flexibility index (Phi) is 3.88. The lowest BCUT2D eigenvalue weighted by atomic mass is 10.2. The van der Waals surface area contributed by atoms with Crippen LogP contribution in [0.25, 0.3) is 10.9 Å². The normalized spacial score (nSPS) is 10.7. The average Bonchev–Trinajstić information content (AvgIpc) is 2.49. The smallest absolute Gasteiger partial charge is 0.120 e. The molecule has 0 amide bonds. The molecule has 1 aromatic heterocycles. The fourth-order valence-electron chi connectivity index (χ4n) is 2.01. The van der Waals surface area contributed by atoms with E-state index in [0.717, 1.165) is 21.7 Å². The maximum Gasteiger partial charge on any atom is 0.120 e. The van der Waals surface area contributed by atoms with Gasteiger partial charge in [0, 0.05) is 10.3 Å². The van der Waals surface area contributed by atoms with E-state index in [1.54, 1.807) is 11.8 Å². The first-order chi connectivity index (χ1) is 9.85. The van der Waals surface area contributed by atoms with Gasteiger partial charge in [0.15, 0.2) is 0 Å². The molecule has 0 aliphatic carbocycles. The van der Waals surface area contributed by atoms with Gasteiger partial charge in [-0.05, 0) is 49.4 Å². The maximum atomic E-state index is 5.51. The molecule has 0 spiro atoms. The average molecular weight is 281 g/mol. The Labute approximate surface area is 122 Å². The summed E-state index contributed by atoms with van der Waals surface area (Å²) in [5.41, 5.74) is 0.995. The summed E-state index contributed by atoms with van der Waals surface area (Å²) in [6.07, 6.45) is 0. The Morgan fingerprint density at radius 2 is 1.85 bits per heavy atom. The lowest BCUT2D eigenvalue weighted by molar-refractivity contribution is 0.340. The van der Waals surface area contributed by atoms with Crippen molar-refractivity contribution in [1.82, 2.24) is 4.98 Å². The minimum Gasteiger partial charge on any atom is -0.494 e. The number of ether oxygens (including phenoxy) is 1. The summed E-state index contributed by atoms with van der Waals surface area (Å²) in [4.78, 5) is 5.88. The SMILES string of the molecule is CCOc1ccc2nc(Sc3ccccc3)ccc2c1. The molecule has 100 valence electrons. The van der Waals surface area contributed by atoms with Crippen LogP contribution < -0.4 is 4.74 Å². The van der Waals surface area contributed by atoms with Gasteiger partial charge < -0.3 is 4.74 Å². The van der Waals surface area contributed by atoms with Gasteiger partial charge in [-0.2, -0.15) is 0 Å². The topological polar surface area (TPSA) is 22.1 Å². The van der Waals surface area contributed by atoms with Gasteiger partial charge in [0.2, 0.25) is 0 Å². The van der Waals surface area contributed by atoms with Crippen molar-refractivity contribution in [1.29, 1.82) is 0 Å². The second-order valence-corrected chi connectivity index (χ2v) is 5.45. The zero-order valence-corrected chi connectivity index (χ0v) is 12.1. The first kappa shape index (κ1) is 13.0. The van der Waals surface area contributed by atoms with Crippen LogP contribution in [-0.2, 0) is 0 Å². The molecular weight excluding hydrogens is 266 g/mol. The third kappa shape index (κ3) is 2.94. The van der Waals surface area contributed by atoms with Gasteiger partial charge in [0.25, 0.3) is 0 Å². The summed E-state index contributed by atoms with van der Waals surface area (Å²) in [6.45, 7) is 2.67. The summed E-state index contributed by atoms with van der Waals surface area (Å²) in [5, 5.41) is 2.11. The van der Waals surface area contributed by atoms with Gasteiger partial charge in [0.1, 0.15) is 10.8 Å². The van der Waals surface area contributed by atoms with Crippen molar-refractivity contribution < 1.29 is 4.74 Å². The highest BCUT2D eigenvalue weighted by molar-refractivity contribution is 7.99. The van der Waals surface area contributed by atoms with Gasteiger partial charge >= 0.3 is 0 Å². The Bertz CT molecular complexity index is 713. The van der Waals surface area contributed by atoms with E-state index in [-0.39, 0.29) is 0 Å². The molecule has 2 nitrogen and oxygen atoms in total. The van der Waals surface area contributed by atoms with Crippen LogP contribution >= 0.6 is 11.8 Å². The molecule has 1 heterocycles. The van der Waals surface area contributed by atoms with Crippen molar-refractivity contribution in [3.8, 4) is 5.75 Å². The van der Waals surface area contributed by atoms with Crippen molar-refractivity contribution in [3.63, 3.8) is 0 Å². The molecule has 0 aliphatic rings. The monoisotopic (exact) mass is 281 g/mol. The molecule has 3 rings (SSSR count). The second kappa shape index (κ2) is 5.97. The van der Waals surface area contributed by atoms with E-state index in [0.29, 0.717) is 6.61 Å². The van der Waals surface area contributed by atoms with E-state index in [1.807, 2.05) is 43.3 Å². The Hall–Kier alpha value is -2.00. The highest BCUT2D eigenvalue weighted by Gasteiger charge is 2.02. The quantitative estimate of drug-likeness (QED) is 0.686. The van der Waals surface area contributed by atoms with Crippen LogP contribution in [0.2, 0.25) is 0 Å². The molecule has 0 bridgehead atoms. The molecule has 0 fully saturated rings. The van der Waals surface area contributed by atoms with E-state index in [1.165, 1.54) is 4.90 Å². The molecule has 3 heteroatoms. The molecule has 0 aliphatic heterocycles. The predicted octanol–water partition coefficient (Wildman–Crippen LogP) is 4.78. The van der Waals surface area contributed by atoms with E-state index < -0.39 is 0 Å². The predicted molar refractivity (Wildman–Crippen MR) is 83.5 cm³/mol. The van der Waals surface area contributed by atoms with E-state index in [9.17, 15) is 0 Å². The highest BCUT2D eigenvalue weighted by atomic mass is 32.2. The third-order valence-corrected chi connectivity index (χ3v) is 3.86. The number of rotatable bonds is 4. The largest absolute Gasteiger partial charge is 0.494 e. The molecule has 20 heavy (non-hydrogen) atoms. The molecule has 3 aromatic rings. The molecule has 0 saturated carbocycles. The van der Waals surface area contributed by atoms with E-state index in [4.69, 9.17) is 4.74 Å². The molecule has 0 atom stereocenters. The first-order valence-electron chi connectivity index (χ1n) is 6.61. The van der Waals surface area contributed by atoms with Crippen LogP contribution in [-0.4, -0.2) is 11.6 Å². The van der Waals surface area contributed by atoms with Crippen LogP contribution in [0.1, 0.15) is 6.92 Å². The zero-order chi connectivity index (χ0) is 13.8. The molecule has 0 saturated heterocycles. The summed E-state index contributed by atoms with van der Waals surface area (Å²) in [5.74, 6) is 0.894. The standard InChI is InChI=1S/C17H15NOS/c1-2-19-14-9-10-16-13(12-14)8-11-17(18-16)20-15-6-4-3-5-7-15/h3-12H,2H2,1H3. The minimum absolute atomic E-state index is 0.681. The first-order valence-corrected chi connectivity index (χ1v) is 7.43. The van der Waals surface area contributed by atoms with Crippen molar-refractivity contribution in [2.45, 2.75) is 16.8 Å². The fraction of sp³-hybridized carbons (Fsp3) is 0.118. The Balaban J connectivity index is 1.89. The van der Waals surface area contributed by atoms with Gasteiger partial charge in [-0.3, -0.25) is 0 Å². The number of aromatic nitrogens is 1. The summed E-state index contributed by atoms with van der Waals surface area (Å²) >= 11 is 1.67. The fourth-order valence-corrected chi connectivity index (χ4v) is 2.82. The number of fused-ring (bicyclic) bond motifs is 1. The summed E-state index contributed by atoms with van der Waals surface area (Å²) in [7, 11) is 0. The lowest BCUT2D eigenvalue weighted by Gasteiger charge is -2.06. The summed E-state index contributed by atoms with van der Waals surface area (Å²) in [6, 6.07) is 20.4. The number of nitrogens with zero attached hydrogens (tertiary/aromatic N) is 1. The second-order valence-electron chi connectivity index (χ2n) is 4.35. The Morgan fingerprint density at radius 3 is 2.65 bits per heavy atom. The number of hydrogen-bond donors (Lipinski definition) is 0. The Morgan fingerprint density at radius 1 is 1.00 bits per heavy atom. The van der Waals surface area contributed by atoms with E-state index >= 15 is 0 Å². The number of pyridine rings is 1. The molecule has 2 aromatic carbocycles. The van der Waals surface area contributed by atoms with Crippen LogP contribution in [0, 0.1) is 0 Å². The molecule has 0 radical (unpaired) electrons.